The molecule has 1 aliphatic rings. The van der Waals surface area contributed by atoms with Crippen molar-refractivity contribution in [2.45, 2.75) is 23.5 Å². The van der Waals surface area contributed by atoms with E-state index in [4.69, 9.17) is 0 Å². The average molecular weight is 297 g/mol. The molecule has 106 valence electrons. The van der Waals surface area contributed by atoms with Crippen LogP contribution in [0.15, 0.2) is 53.4 Å². The van der Waals surface area contributed by atoms with Crippen LogP contribution >= 0.6 is 11.8 Å². The number of Topliss-reactive ketones (excluding diaryl/α,β-unsaturated/α-hetero) is 1. The zero-order valence-corrected chi connectivity index (χ0v) is 12.4. The molecule has 1 aliphatic heterocycles. The third kappa shape index (κ3) is 3.00. The van der Waals surface area contributed by atoms with E-state index >= 15 is 0 Å². The van der Waals surface area contributed by atoms with Crippen molar-refractivity contribution in [2.75, 3.05) is 5.32 Å². The predicted octanol–water partition coefficient (Wildman–Crippen LogP) is 3.68. The van der Waals surface area contributed by atoms with Gasteiger partial charge in [-0.05, 0) is 19.1 Å². The summed E-state index contributed by atoms with van der Waals surface area (Å²) in [5, 5.41) is 2.50. The van der Waals surface area contributed by atoms with Gasteiger partial charge in [0.05, 0.1) is 10.9 Å². The number of benzene rings is 2. The molecule has 3 rings (SSSR count). The highest BCUT2D eigenvalue weighted by atomic mass is 32.2. The fraction of sp³-hybridized carbons (Fsp3) is 0.176. The Morgan fingerprint density at radius 3 is 2.62 bits per heavy atom. The maximum atomic E-state index is 12.3. The molecule has 0 saturated heterocycles. The van der Waals surface area contributed by atoms with Gasteiger partial charge in [-0.2, -0.15) is 0 Å². The number of para-hydroxylation sites is 1. The second kappa shape index (κ2) is 5.74. The third-order valence-corrected chi connectivity index (χ3v) is 4.73. The fourth-order valence-corrected chi connectivity index (χ4v) is 3.36. The van der Waals surface area contributed by atoms with Crippen molar-refractivity contribution in [3.8, 4) is 0 Å². The van der Waals surface area contributed by atoms with E-state index in [2.05, 4.69) is 5.32 Å². The van der Waals surface area contributed by atoms with Crippen LogP contribution in [-0.2, 0) is 4.79 Å². The normalized spacial score (nSPS) is 17.0. The van der Waals surface area contributed by atoms with Gasteiger partial charge in [-0.3, -0.25) is 9.59 Å². The van der Waals surface area contributed by atoms with E-state index in [1.165, 1.54) is 11.8 Å². The van der Waals surface area contributed by atoms with Crippen molar-refractivity contribution >= 4 is 29.1 Å². The molecule has 0 fully saturated rings. The van der Waals surface area contributed by atoms with Crippen molar-refractivity contribution in [3.05, 3.63) is 59.7 Å². The van der Waals surface area contributed by atoms with Crippen molar-refractivity contribution < 1.29 is 9.59 Å². The van der Waals surface area contributed by atoms with Crippen LogP contribution in [0.3, 0.4) is 0 Å². The van der Waals surface area contributed by atoms with Crippen molar-refractivity contribution in [1.29, 1.82) is 0 Å². The number of amides is 1. The first-order valence-electron chi connectivity index (χ1n) is 6.80. The van der Waals surface area contributed by atoms with Gasteiger partial charge < -0.3 is 5.32 Å². The zero-order valence-electron chi connectivity index (χ0n) is 11.6. The van der Waals surface area contributed by atoms with Gasteiger partial charge in [0.2, 0.25) is 5.91 Å². The molecule has 3 nitrogen and oxygen atoms in total. The first kappa shape index (κ1) is 13.9. The Bertz CT molecular complexity index is 694. The van der Waals surface area contributed by atoms with E-state index < -0.39 is 0 Å². The van der Waals surface area contributed by atoms with E-state index in [-0.39, 0.29) is 23.4 Å². The lowest BCUT2D eigenvalue weighted by molar-refractivity contribution is -0.115. The second-order valence-electron chi connectivity index (χ2n) is 5.09. The molecular formula is C17H15NO2S. The van der Waals surface area contributed by atoms with E-state index in [0.29, 0.717) is 5.56 Å². The number of carbonyl (C=O) groups excluding carboxylic acids is 2. The van der Waals surface area contributed by atoms with Crippen molar-refractivity contribution in [3.63, 3.8) is 0 Å². The molecule has 1 heterocycles. The van der Waals surface area contributed by atoms with Gasteiger partial charge in [0.25, 0.3) is 0 Å². The van der Waals surface area contributed by atoms with Crippen molar-refractivity contribution in [1.82, 2.24) is 0 Å². The average Bonchev–Trinajstić information content (AvgIpc) is 2.48. The molecular weight excluding hydrogens is 282 g/mol. The minimum Gasteiger partial charge on any atom is -0.324 e. The molecule has 1 unspecified atom stereocenters. The van der Waals surface area contributed by atoms with E-state index in [1.54, 1.807) is 0 Å². The van der Waals surface area contributed by atoms with Crippen LogP contribution in [0.5, 0.6) is 0 Å². The van der Waals surface area contributed by atoms with Crippen LogP contribution in [0, 0.1) is 6.92 Å². The second-order valence-corrected chi connectivity index (χ2v) is 6.33. The number of thioether (sulfide) groups is 1. The van der Waals surface area contributed by atoms with E-state index in [1.807, 2.05) is 55.5 Å². The number of nitrogens with one attached hydrogen (secondary N) is 1. The van der Waals surface area contributed by atoms with Crippen LogP contribution in [0.4, 0.5) is 5.69 Å². The van der Waals surface area contributed by atoms with Gasteiger partial charge in [-0.15, -0.1) is 11.8 Å². The Labute approximate surface area is 127 Å². The number of rotatable bonds is 3. The smallest absolute Gasteiger partial charge is 0.238 e. The van der Waals surface area contributed by atoms with Crippen LogP contribution in [0.1, 0.15) is 22.3 Å². The lowest BCUT2D eigenvalue weighted by Gasteiger charge is -2.23. The number of hydrogen-bond acceptors (Lipinski definition) is 3. The van der Waals surface area contributed by atoms with Crippen LogP contribution in [-0.4, -0.2) is 16.9 Å². The van der Waals surface area contributed by atoms with Gasteiger partial charge in [-0.1, -0.05) is 42.0 Å². The molecule has 21 heavy (non-hydrogen) atoms. The van der Waals surface area contributed by atoms with E-state index in [0.717, 1.165) is 16.1 Å². The highest BCUT2D eigenvalue weighted by Gasteiger charge is 2.28. The Hall–Kier alpha value is -2.07. The standard InChI is InChI=1S/C17H15NO2S/c1-11-6-8-12(9-7-11)14(19)10-16-17(20)18-13-4-2-3-5-15(13)21-16/h2-9,16H,10H2,1H3,(H,18,20). The van der Waals surface area contributed by atoms with Crippen LogP contribution in [0.25, 0.3) is 0 Å². The number of ketones is 1. The summed E-state index contributed by atoms with van der Waals surface area (Å²) in [4.78, 5) is 25.4. The Morgan fingerprint density at radius 1 is 1.14 bits per heavy atom. The van der Waals surface area contributed by atoms with Crippen LogP contribution < -0.4 is 5.32 Å². The summed E-state index contributed by atoms with van der Waals surface area (Å²) >= 11 is 1.46. The summed E-state index contributed by atoms with van der Waals surface area (Å²) in [6.45, 7) is 1.98. The molecule has 1 atom stereocenters. The molecule has 0 bridgehead atoms. The SMILES string of the molecule is Cc1ccc(C(=O)CC2Sc3ccccc3NC2=O)cc1. The summed E-state index contributed by atoms with van der Waals surface area (Å²) in [7, 11) is 0. The number of fused-ring (bicyclic) bond motifs is 1. The molecule has 0 aliphatic carbocycles. The quantitative estimate of drug-likeness (QED) is 0.879. The fourth-order valence-electron chi connectivity index (χ4n) is 2.25. The highest BCUT2D eigenvalue weighted by molar-refractivity contribution is 8.01. The summed E-state index contributed by atoms with van der Waals surface area (Å²) in [6, 6.07) is 15.1. The summed E-state index contributed by atoms with van der Waals surface area (Å²) < 4.78 is 0. The summed E-state index contributed by atoms with van der Waals surface area (Å²) in [5.74, 6) is -0.0961. The Balaban J connectivity index is 1.75. The van der Waals surface area contributed by atoms with Crippen LogP contribution in [0.2, 0.25) is 0 Å². The number of anilines is 1. The summed E-state index contributed by atoms with van der Waals surface area (Å²) in [6.07, 6.45) is 0.216. The number of carbonyl (C=O) groups is 2. The monoisotopic (exact) mass is 297 g/mol. The first-order valence-corrected chi connectivity index (χ1v) is 7.68. The lowest BCUT2D eigenvalue weighted by atomic mass is 10.0. The maximum absolute atomic E-state index is 12.3. The third-order valence-electron chi connectivity index (χ3n) is 3.45. The Kier molecular flexibility index (Phi) is 3.80. The molecule has 0 saturated carbocycles. The topological polar surface area (TPSA) is 46.2 Å². The molecule has 1 amide bonds. The van der Waals surface area contributed by atoms with Gasteiger partial charge >= 0.3 is 0 Å². The minimum atomic E-state index is -0.367. The maximum Gasteiger partial charge on any atom is 0.238 e. The number of hydrogen-bond donors (Lipinski definition) is 1. The molecule has 0 aromatic heterocycles. The van der Waals surface area contributed by atoms with Gasteiger partial charge in [0.1, 0.15) is 0 Å². The number of aryl methyl sites for hydroxylation is 1. The Morgan fingerprint density at radius 2 is 1.86 bits per heavy atom. The molecule has 2 aromatic rings. The van der Waals surface area contributed by atoms with Gasteiger partial charge in [0.15, 0.2) is 5.78 Å². The molecule has 1 N–H and O–H groups in total. The van der Waals surface area contributed by atoms with Gasteiger partial charge in [-0.25, -0.2) is 0 Å². The molecule has 0 radical (unpaired) electrons. The molecule has 2 aromatic carbocycles. The molecule has 4 heteroatoms. The predicted molar refractivity (Wildman–Crippen MR) is 84.8 cm³/mol. The first-order chi connectivity index (χ1) is 10.1. The van der Waals surface area contributed by atoms with E-state index in [9.17, 15) is 9.59 Å². The lowest BCUT2D eigenvalue weighted by Crippen LogP contribution is -2.30. The molecule has 0 spiro atoms. The van der Waals surface area contributed by atoms with Gasteiger partial charge in [0, 0.05) is 16.9 Å². The van der Waals surface area contributed by atoms with Crippen molar-refractivity contribution in [2.24, 2.45) is 0 Å². The minimum absolute atomic E-state index is 0.00188. The summed E-state index contributed by atoms with van der Waals surface area (Å²) in [5.41, 5.74) is 2.60. The zero-order chi connectivity index (χ0) is 14.8. The highest BCUT2D eigenvalue weighted by Crippen LogP contribution is 2.36. The largest absolute Gasteiger partial charge is 0.324 e.